The molecule has 0 aromatic heterocycles. The Balaban J connectivity index is 1.95. The third kappa shape index (κ3) is 1.16. The second kappa shape index (κ2) is 3.19. The lowest BCUT2D eigenvalue weighted by molar-refractivity contribution is -0.130. The molecule has 0 spiro atoms. The Morgan fingerprint density at radius 1 is 1.07 bits per heavy atom. The van der Waals surface area contributed by atoms with Crippen LogP contribution in [-0.4, -0.2) is 10.6 Å². The monoisotopic (exact) mass is 254 g/mol. The second-order valence-corrected chi connectivity index (χ2v) is 6.03. The lowest BCUT2D eigenvalue weighted by Crippen LogP contribution is -2.47. The van der Waals surface area contributed by atoms with E-state index in [1.807, 2.05) is 0 Å². The molecule has 14 heavy (non-hydrogen) atoms. The van der Waals surface area contributed by atoms with Crippen LogP contribution in [0.5, 0.6) is 0 Å². The van der Waals surface area contributed by atoms with E-state index in [9.17, 15) is 4.79 Å². The lowest BCUT2D eigenvalue weighted by Gasteiger charge is -2.47. The molecule has 4 rings (SSSR count). The molecule has 4 aliphatic carbocycles. The molecule has 2 fully saturated rings. The third-order valence-corrected chi connectivity index (χ3v) is 5.21. The summed E-state index contributed by atoms with van der Waals surface area (Å²) < 4.78 is 0. The van der Waals surface area contributed by atoms with Crippen LogP contribution in [0.1, 0.15) is 25.7 Å². The highest BCUT2D eigenvalue weighted by atomic mass is 79.9. The van der Waals surface area contributed by atoms with Crippen LogP contribution >= 0.6 is 15.9 Å². The topological polar surface area (TPSA) is 17.1 Å². The summed E-state index contributed by atoms with van der Waals surface area (Å²) in [6, 6.07) is 0. The minimum atomic E-state index is 0.150. The van der Waals surface area contributed by atoms with Crippen molar-refractivity contribution >= 4 is 21.7 Å². The molecule has 2 saturated carbocycles. The van der Waals surface area contributed by atoms with Crippen molar-refractivity contribution in [3.05, 3.63) is 12.2 Å². The van der Waals surface area contributed by atoms with Crippen LogP contribution in [0.3, 0.4) is 0 Å². The highest BCUT2D eigenvalue weighted by molar-refractivity contribution is 9.10. The van der Waals surface area contributed by atoms with Gasteiger partial charge in [0.2, 0.25) is 0 Å². The van der Waals surface area contributed by atoms with Crippen molar-refractivity contribution in [1.29, 1.82) is 0 Å². The Morgan fingerprint density at radius 2 is 1.79 bits per heavy atom. The fraction of sp³-hybridized carbons (Fsp3) is 0.750. The lowest BCUT2D eigenvalue weighted by atomic mass is 9.57. The molecular weight excluding hydrogens is 240 g/mol. The fourth-order valence-electron chi connectivity index (χ4n) is 3.61. The first-order chi connectivity index (χ1) is 6.77. The zero-order valence-electron chi connectivity index (χ0n) is 8.16. The van der Waals surface area contributed by atoms with Gasteiger partial charge in [-0.3, -0.25) is 4.79 Å². The maximum atomic E-state index is 12.1. The molecule has 2 bridgehead atoms. The van der Waals surface area contributed by atoms with Crippen LogP contribution in [0, 0.1) is 23.7 Å². The van der Waals surface area contributed by atoms with Gasteiger partial charge in [0.05, 0.1) is 4.83 Å². The van der Waals surface area contributed by atoms with Crippen molar-refractivity contribution in [1.82, 2.24) is 0 Å². The Hall–Kier alpha value is -0.110. The molecule has 0 saturated heterocycles. The number of carbonyl (C=O) groups is 1. The largest absolute Gasteiger partial charge is 0.298 e. The Labute approximate surface area is 93.1 Å². The van der Waals surface area contributed by atoms with Crippen LogP contribution in [0.25, 0.3) is 0 Å². The highest BCUT2D eigenvalue weighted by Crippen LogP contribution is 2.50. The molecule has 0 radical (unpaired) electrons. The van der Waals surface area contributed by atoms with Crippen molar-refractivity contribution in [3.8, 4) is 0 Å². The number of Topliss-reactive ketones (excluding diaryl/α,β-unsaturated/α-hetero) is 1. The Bertz CT molecular complexity index is 297. The van der Waals surface area contributed by atoms with Gasteiger partial charge >= 0.3 is 0 Å². The molecule has 1 nitrogen and oxygen atoms in total. The van der Waals surface area contributed by atoms with Gasteiger partial charge in [-0.2, -0.15) is 0 Å². The van der Waals surface area contributed by atoms with Crippen molar-refractivity contribution in [2.45, 2.75) is 30.5 Å². The van der Waals surface area contributed by atoms with E-state index in [1.54, 1.807) is 0 Å². The minimum Gasteiger partial charge on any atom is -0.298 e. The molecule has 0 heterocycles. The molecule has 2 heteroatoms. The van der Waals surface area contributed by atoms with Crippen molar-refractivity contribution in [3.63, 3.8) is 0 Å². The quantitative estimate of drug-likeness (QED) is 0.480. The molecule has 4 aliphatic rings. The summed E-state index contributed by atoms with van der Waals surface area (Å²) in [5, 5.41) is 0. The smallest absolute Gasteiger partial charge is 0.150 e. The summed E-state index contributed by atoms with van der Waals surface area (Å²) in [6.45, 7) is 0. The summed E-state index contributed by atoms with van der Waals surface area (Å²) in [5.74, 6) is 2.81. The first-order valence-corrected chi connectivity index (χ1v) is 6.55. The van der Waals surface area contributed by atoms with E-state index in [4.69, 9.17) is 0 Å². The number of carbonyl (C=O) groups excluding carboxylic acids is 1. The third-order valence-electron chi connectivity index (χ3n) is 4.30. The van der Waals surface area contributed by atoms with Gasteiger partial charge in [0, 0.05) is 5.92 Å². The van der Waals surface area contributed by atoms with Gasteiger partial charge in [-0.1, -0.05) is 28.1 Å². The van der Waals surface area contributed by atoms with Crippen LogP contribution in [0.2, 0.25) is 0 Å². The summed E-state index contributed by atoms with van der Waals surface area (Å²) in [4.78, 5) is 12.2. The predicted molar refractivity (Wildman–Crippen MR) is 59.3 cm³/mol. The molecular formula is C12H15BrO. The average molecular weight is 255 g/mol. The summed E-state index contributed by atoms with van der Waals surface area (Å²) in [5.41, 5.74) is 0. The molecule has 0 aromatic carbocycles. The fourth-order valence-corrected chi connectivity index (χ4v) is 4.18. The van der Waals surface area contributed by atoms with Gasteiger partial charge in [0.1, 0.15) is 5.78 Å². The Kier molecular flexibility index (Phi) is 2.08. The van der Waals surface area contributed by atoms with Crippen LogP contribution in [0.4, 0.5) is 0 Å². The standard InChI is InChI=1S/C12H15BrO/c13-10-6-5-9-7-1-3-8(4-2-7)11(9)12(10)14/h1,3,7-11H,2,4-6H2/t7-,8+,9-,10?,11+/m0/s1. The maximum Gasteiger partial charge on any atom is 0.150 e. The van der Waals surface area contributed by atoms with Crippen LogP contribution < -0.4 is 0 Å². The molecule has 0 aliphatic heterocycles. The van der Waals surface area contributed by atoms with E-state index in [-0.39, 0.29) is 4.83 Å². The van der Waals surface area contributed by atoms with E-state index in [0.717, 1.165) is 6.42 Å². The SMILES string of the molecule is O=C1C(Br)CC[C@@H]2[C@H]1[C@@H]1C=C[C@H]2CC1. The molecule has 0 N–H and O–H groups in total. The number of ketones is 1. The zero-order chi connectivity index (χ0) is 9.71. The molecule has 0 amide bonds. The maximum absolute atomic E-state index is 12.1. The minimum absolute atomic E-state index is 0.150. The zero-order valence-corrected chi connectivity index (χ0v) is 9.74. The summed E-state index contributed by atoms with van der Waals surface area (Å²) in [6.07, 6.45) is 9.54. The van der Waals surface area contributed by atoms with E-state index < -0.39 is 0 Å². The number of hydrogen-bond acceptors (Lipinski definition) is 1. The number of rotatable bonds is 0. The van der Waals surface area contributed by atoms with Gasteiger partial charge in [-0.05, 0) is 43.4 Å². The molecule has 0 aromatic rings. The normalized spacial score (nSPS) is 50.6. The number of halogens is 1. The summed E-state index contributed by atoms with van der Waals surface area (Å²) >= 11 is 3.51. The van der Waals surface area contributed by atoms with Crippen molar-refractivity contribution in [2.24, 2.45) is 23.7 Å². The van der Waals surface area contributed by atoms with Gasteiger partial charge in [-0.25, -0.2) is 0 Å². The highest BCUT2D eigenvalue weighted by Gasteiger charge is 2.47. The first kappa shape index (κ1) is 9.14. The molecule has 76 valence electrons. The predicted octanol–water partition coefficient (Wildman–Crippen LogP) is 2.94. The molecule has 5 atom stereocenters. The van der Waals surface area contributed by atoms with Gasteiger partial charge in [0.25, 0.3) is 0 Å². The average Bonchev–Trinajstić information content (AvgIpc) is 2.25. The summed E-state index contributed by atoms with van der Waals surface area (Å²) in [7, 11) is 0. The van der Waals surface area contributed by atoms with Crippen LogP contribution in [-0.2, 0) is 4.79 Å². The number of allylic oxidation sites excluding steroid dienone is 2. The number of hydrogen-bond donors (Lipinski definition) is 0. The second-order valence-electron chi connectivity index (χ2n) is 4.93. The van der Waals surface area contributed by atoms with Gasteiger partial charge in [-0.15, -0.1) is 0 Å². The van der Waals surface area contributed by atoms with E-state index in [2.05, 4.69) is 28.1 Å². The number of alkyl halides is 1. The van der Waals surface area contributed by atoms with Gasteiger partial charge < -0.3 is 0 Å². The Morgan fingerprint density at radius 3 is 2.50 bits per heavy atom. The first-order valence-electron chi connectivity index (χ1n) is 5.63. The molecule has 1 unspecified atom stereocenters. The van der Waals surface area contributed by atoms with Crippen molar-refractivity contribution in [2.75, 3.05) is 0 Å². The number of fused-ring (bicyclic) bond motifs is 1. The van der Waals surface area contributed by atoms with Crippen LogP contribution in [0.15, 0.2) is 12.2 Å². The van der Waals surface area contributed by atoms with E-state index in [1.165, 1.54) is 19.3 Å². The van der Waals surface area contributed by atoms with E-state index >= 15 is 0 Å². The van der Waals surface area contributed by atoms with E-state index in [0.29, 0.717) is 29.5 Å². The van der Waals surface area contributed by atoms with Crippen molar-refractivity contribution < 1.29 is 4.79 Å². The van der Waals surface area contributed by atoms with Gasteiger partial charge in [0.15, 0.2) is 0 Å².